The van der Waals surface area contributed by atoms with E-state index in [9.17, 15) is 4.79 Å². The van der Waals surface area contributed by atoms with Crippen LogP contribution in [-0.4, -0.2) is 74.1 Å². The smallest absolute Gasteiger partial charge is 0.255 e. The second-order valence-corrected chi connectivity index (χ2v) is 11.9. The van der Waals surface area contributed by atoms with Gasteiger partial charge in [-0.3, -0.25) is 14.7 Å². The van der Waals surface area contributed by atoms with E-state index in [0.717, 1.165) is 70.8 Å². The van der Waals surface area contributed by atoms with Crippen molar-refractivity contribution in [3.63, 3.8) is 0 Å². The first-order valence-corrected chi connectivity index (χ1v) is 15.0. The Labute approximate surface area is 254 Å². The monoisotopic (exact) mass is 591 g/mol. The number of pyridine rings is 1. The molecule has 218 valence electrons. The molecule has 1 aliphatic rings. The fourth-order valence-electron chi connectivity index (χ4n) is 4.87. The van der Waals surface area contributed by atoms with E-state index in [2.05, 4.69) is 47.6 Å². The number of piperazine rings is 1. The van der Waals surface area contributed by atoms with Crippen LogP contribution in [0.4, 0.5) is 17.3 Å². The molecule has 0 spiro atoms. The van der Waals surface area contributed by atoms with Crippen molar-refractivity contribution in [3.05, 3.63) is 94.9 Å². The summed E-state index contributed by atoms with van der Waals surface area (Å²) in [7, 11) is 2.16. The number of nitrogens with one attached hydrogen (secondary N) is 2. The number of rotatable bonds is 8. The van der Waals surface area contributed by atoms with Gasteiger partial charge in [-0.25, -0.2) is 9.97 Å². The Balaban J connectivity index is 1.12. The number of aryl methyl sites for hydroxylation is 2. The number of benzene rings is 2. The van der Waals surface area contributed by atoms with Crippen LogP contribution in [0.2, 0.25) is 0 Å². The molecular formula is C32H33N9OS. The van der Waals surface area contributed by atoms with E-state index in [1.165, 1.54) is 16.9 Å². The van der Waals surface area contributed by atoms with Gasteiger partial charge in [0.25, 0.3) is 5.91 Å². The normalized spacial score (nSPS) is 14.0. The largest absolute Gasteiger partial charge is 0.324 e. The van der Waals surface area contributed by atoms with E-state index in [0.29, 0.717) is 17.2 Å². The standard InChI is InChI=1S/C32H33N9OS/c1-21-4-9-27(35-30(42)24-7-5-23(6-8-24)20-41-14-12-40(3)13-15-41)17-29(21)37-32-34-11-10-28(36-32)25-16-26(19-33-18-25)31-39-38-22(2)43-31/h4-11,16-19H,12-15,20H2,1-3H3,(H,35,42)(H,34,36,37). The highest BCUT2D eigenvalue weighted by Gasteiger charge is 2.15. The van der Waals surface area contributed by atoms with Crippen molar-refractivity contribution in [2.45, 2.75) is 20.4 Å². The lowest BCUT2D eigenvalue weighted by atomic mass is 10.1. The van der Waals surface area contributed by atoms with Crippen molar-refractivity contribution in [2.75, 3.05) is 43.9 Å². The van der Waals surface area contributed by atoms with Crippen LogP contribution < -0.4 is 10.6 Å². The Morgan fingerprint density at radius 1 is 0.930 bits per heavy atom. The molecule has 43 heavy (non-hydrogen) atoms. The Morgan fingerprint density at radius 2 is 1.72 bits per heavy atom. The van der Waals surface area contributed by atoms with Crippen molar-refractivity contribution < 1.29 is 4.79 Å². The number of nitrogens with zero attached hydrogens (tertiary/aromatic N) is 7. The van der Waals surface area contributed by atoms with Crippen LogP contribution in [0.1, 0.15) is 26.5 Å². The van der Waals surface area contributed by atoms with Crippen LogP contribution in [0, 0.1) is 13.8 Å². The minimum atomic E-state index is -0.155. The number of carbonyl (C=O) groups excluding carboxylic acids is 1. The first-order chi connectivity index (χ1) is 20.9. The zero-order valence-electron chi connectivity index (χ0n) is 24.4. The molecule has 0 bridgehead atoms. The van der Waals surface area contributed by atoms with Gasteiger partial charge in [0.05, 0.1) is 5.69 Å². The molecule has 0 unspecified atom stereocenters. The third kappa shape index (κ3) is 7.08. The maximum Gasteiger partial charge on any atom is 0.255 e. The number of aromatic nitrogens is 5. The summed E-state index contributed by atoms with van der Waals surface area (Å²) in [6.07, 6.45) is 5.25. The summed E-state index contributed by atoms with van der Waals surface area (Å²) in [5.41, 5.74) is 6.77. The van der Waals surface area contributed by atoms with E-state index in [4.69, 9.17) is 4.98 Å². The van der Waals surface area contributed by atoms with Gasteiger partial charge in [-0.2, -0.15) is 0 Å². The zero-order valence-corrected chi connectivity index (χ0v) is 25.2. The Morgan fingerprint density at radius 3 is 2.49 bits per heavy atom. The van der Waals surface area contributed by atoms with E-state index >= 15 is 0 Å². The van der Waals surface area contributed by atoms with E-state index < -0.39 is 0 Å². The quantitative estimate of drug-likeness (QED) is 0.244. The number of likely N-dealkylation sites (N-methyl/N-ethyl adjacent to an activating group) is 1. The van der Waals surface area contributed by atoms with Crippen molar-refractivity contribution in [3.8, 4) is 21.8 Å². The summed E-state index contributed by atoms with van der Waals surface area (Å²) < 4.78 is 0. The molecule has 3 aromatic heterocycles. The average molecular weight is 592 g/mol. The summed E-state index contributed by atoms with van der Waals surface area (Å²) in [5, 5.41) is 16.4. The van der Waals surface area contributed by atoms with E-state index in [1.54, 1.807) is 18.6 Å². The molecule has 2 N–H and O–H groups in total. The molecule has 0 radical (unpaired) electrons. The van der Waals surface area contributed by atoms with Gasteiger partial charge in [-0.05, 0) is 68.4 Å². The van der Waals surface area contributed by atoms with Crippen molar-refractivity contribution in [1.29, 1.82) is 0 Å². The number of amides is 1. The van der Waals surface area contributed by atoms with Gasteiger partial charge in [-0.15, -0.1) is 10.2 Å². The first-order valence-electron chi connectivity index (χ1n) is 14.2. The van der Waals surface area contributed by atoms with Crippen LogP contribution in [-0.2, 0) is 6.54 Å². The molecule has 6 rings (SSSR count). The Kier molecular flexibility index (Phi) is 8.45. The third-order valence-electron chi connectivity index (χ3n) is 7.42. The lowest BCUT2D eigenvalue weighted by Crippen LogP contribution is -2.43. The molecule has 1 amide bonds. The predicted molar refractivity (Wildman–Crippen MR) is 171 cm³/mol. The highest BCUT2D eigenvalue weighted by Crippen LogP contribution is 2.28. The topological polar surface area (TPSA) is 112 Å². The highest BCUT2D eigenvalue weighted by atomic mass is 32.1. The van der Waals surface area contributed by atoms with Gasteiger partial charge in [0.1, 0.15) is 10.0 Å². The zero-order chi connectivity index (χ0) is 29.8. The average Bonchev–Trinajstić information content (AvgIpc) is 3.47. The molecule has 4 heterocycles. The minimum absolute atomic E-state index is 0.155. The van der Waals surface area contributed by atoms with Crippen molar-refractivity contribution >= 4 is 34.6 Å². The van der Waals surface area contributed by atoms with Gasteiger partial charge in [-0.1, -0.05) is 29.5 Å². The summed E-state index contributed by atoms with van der Waals surface area (Å²) in [6, 6.07) is 17.5. The molecule has 1 aliphatic heterocycles. The summed E-state index contributed by atoms with van der Waals surface area (Å²) in [6.45, 7) is 9.12. The lowest BCUT2D eigenvalue weighted by molar-refractivity contribution is 0.102. The molecule has 0 saturated carbocycles. The van der Waals surface area contributed by atoms with Crippen LogP contribution >= 0.6 is 11.3 Å². The van der Waals surface area contributed by atoms with Crippen LogP contribution in [0.25, 0.3) is 21.8 Å². The molecule has 0 atom stereocenters. The van der Waals surface area contributed by atoms with Crippen molar-refractivity contribution in [2.24, 2.45) is 0 Å². The lowest BCUT2D eigenvalue weighted by Gasteiger charge is -2.32. The van der Waals surface area contributed by atoms with Gasteiger partial charge >= 0.3 is 0 Å². The second kappa shape index (κ2) is 12.7. The van der Waals surface area contributed by atoms with E-state index in [-0.39, 0.29) is 5.91 Å². The first kappa shape index (κ1) is 28.5. The fraction of sp³-hybridized carbons (Fsp3) is 0.250. The number of anilines is 3. The predicted octanol–water partition coefficient (Wildman–Crippen LogP) is 5.42. The molecule has 2 aromatic carbocycles. The van der Waals surface area contributed by atoms with E-state index in [1.807, 2.05) is 68.4 Å². The molecule has 10 nitrogen and oxygen atoms in total. The maximum atomic E-state index is 13.1. The van der Waals surface area contributed by atoms with Gasteiger partial charge < -0.3 is 15.5 Å². The summed E-state index contributed by atoms with van der Waals surface area (Å²) in [4.78, 5) is 31.4. The van der Waals surface area contributed by atoms with Crippen LogP contribution in [0.3, 0.4) is 0 Å². The van der Waals surface area contributed by atoms with Gasteiger partial charge in [0, 0.05) is 79.4 Å². The Bertz CT molecular complexity index is 1730. The summed E-state index contributed by atoms with van der Waals surface area (Å²) >= 11 is 1.52. The molecule has 1 saturated heterocycles. The highest BCUT2D eigenvalue weighted by molar-refractivity contribution is 7.14. The SMILES string of the molecule is Cc1nnc(-c2cncc(-c3ccnc(Nc4cc(NC(=O)c5ccc(CN6CCN(C)CC6)cc5)ccc4C)n3)c2)s1. The second-order valence-electron chi connectivity index (χ2n) is 10.7. The number of hydrogen-bond donors (Lipinski definition) is 2. The van der Waals surface area contributed by atoms with Crippen molar-refractivity contribution in [1.82, 2.24) is 34.9 Å². The minimum Gasteiger partial charge on any atom is -0.324 e. The Hall–Kier alpha value is -4.58. The number of hydrogen-bond acceptors (Lipinski definition) is 10. The number of carbonyl (C=O) groups is 1. The summed E-state index contributed by atoms with van der Waals surface area (Å²) in [5.74, 6) is 0.286. The van der Waals surface area contributed by atoms with Gasteiger partial charge in [0.15, 0.2) is 0 Å². The molecular weight excluding hydrogens is 558 g/mol. The van der Waals surface area contributed by atoms with Crippen LogP contribution in [0.15, 0.2) is 73.2 Å². The molecule has 5 aromatic rings. The molecule has 0 aliphatic carbocycles. The fourth-order valence-corrected chi connectivity index (χ4v) is 5.55. The third-order valence-corrected chi connectivity index (χ3v) is 8.31. The van der Waals surface area contributed by atoms with Gasteiger partial charge in [0.2, 0.25) is 5.95 Å². The van der Waals surface area contributed by atoms with Crippen LogP contribution in [0.5, 0.6) is 0 Å². The molecule has 1 fully saturated rings. The molecule has 11 heteroatoms. The maximum absolute atomic E-state index is 13.1.